The highest BCUT2D eigenvalue weighted by Crippen LogP contribution is 2.70. The molecular formula is C27H32O7. The van der Waals surface area contributed by atoms with E-state index in [1.165, 1.54) is 6.07 Å². The predicted octanol–water partition coefficient (Wildman–Crippen LogP) is 4.00. The summed E-state index contributed by atoms with van der Waals surface area (Å²) in [5, 5.41) is 45.2. The highest BCUT2D eigenvalue weighted by molar-refractivity contribution is 6.24. The SMILES string of the molecule is CC(=O)C1=C(O)[C@]2(O)C(=O)C3=C(O)c4c(O)cccc4[C@@H](C)[C@]3(C)[C@@H](C)[C@]2(C)C(C(C)C)C1=O. The molecule has 1 saturated carbocycles. The lowest BCUT2D eigenvalue weighted by atomic mass is 9.38. The molecule has 0 spiro atoms. The van der Waals surface area contributed by atoms with E-state index >= 15 is 0 Å². The number of phenolic OH excluding ortho intramolecular Hbond substituents is 1. The van der Waals surface area contributed by atoms with Crippen LogP contribution in [0.15, 0.2) is 35.1 Å². The van der Waals surface area contributed by atoms with Gasteiger partial charge in [0.15, 0.2) is 17.2 Å². The summed E-state index contributed by atoms with van der Waals surface area (Å²) < 4.78 is 0. The van der Waals surface area contributed by atoms with E-state index in [2.05, 4.69) is 0 Å². The van der Waals surface area contributed by atoms with Crippen LogP contribution in [0.5, 0.6) is 5.75 Å². The first kappa shape index (κ1) is 24.2. The lowest BCUT2D eigenvalue weighted by Crippen LogP contribution is -2.72. The number of aliphatic hydroxyl groups is 3. The second kappa shape index (κ2) is 7.04. The van der Waals surface area contributed by atoms with Crippen molar-refractivity contribution in [2.75, 3.05) is 0 Å². The largest absolute Gasteiger partial charge is 0.508 e. The Labute approximate surface area is 198 Å². The van der Waals surface area contributed by atoms with Crippen LogP contribution in [0.2, 0.25) is 0 Å². The minimum absolute atomic E-state index is 0.109. The maximum absolute atomic E-state index is 14.2. The van der Waals surface area contributed by atoms with Crippen molar-refractivity contribution in [2.24, 2.45) is 28.6 Å². The number of aromatic hydroxyl groups is 1. The highest BCUT2D eigenvalue weighted by atomic mass is 16.3. The van der Waals surface area contributed by atoms with Crippen LogP contribution in [0.1, 0.15) is 65.5 Å². The van der Waals surface area contributed by atoms with Crippen molar-refractivity contribution in [3.05, 3.63) is 46.2 Å². The molecule has 7 heteroatoms. The fourth-order valence-corrected chi connectivity index (χ4v) is 7.32. The number of hydrogen-bond donors (Lipinski definition) is 4. The van der Waals surface area contributed by atoms with Gasteiger partial charge in [-0.1, -0.05) is 53.7 Å². The van der Waals surface area contributed by atoms with Gasteiger partial charge in [-0.25, -0.2) is 0 Å². The van der Waals surface area contributed by atoms with E-state index < -0.39 is 62.7 Å². The molecule has 7 nitrogen and oxygen atoms in total. The third kappa shape index (κ3) is 2.38. The number of carbonyl (C=O) groups excluding carboxylic acids is 3. The Kier molecular flexibility index (Phi) is 5.01. The van der Waals surface area contributed by atoms with Crippen LogP contribution in [0.4, 0.5) is 0 Å². The van der Waals surface area contributed by atoms with Gasteiger partial charge in [-0.15, -0.1) is 0 Å². The lowest BCUT2D eigenvalue weighted by molar-refractivity contribution is -0.195. The Balaban J connectivity index is 2.18. The summed E-state index contributed by atoms with van der Waals surface area (Å²) in [4.78, 5) is 40.2. The number of aliphatic hydroxyl groups excluding tert-OH is 2. The van der Waals surface area contributed by atoms with Gasteiger partial charge in [-0.3, -0.25) is 14.4 Å². The van der Waals surface area contributed by atoms with E-state index in [-0.39, 0.29) is 28.7 Å². The van der Waals surface area contributed by atoms with Crippen molar-refractivity contribution in [3.63, 3.8) is 0 Å². The Bertz CT molecular complexity index is 1220. The number of ketones is 3. The number of phenols is 1. The van der Waals surface area contributed by atoms with E-state index in [0.29, 0.717) is 5.56 Å². The monoisotopic (exact) mass is 468 g/mol. The molecule has 4 N–H and O–H groups in total. The number of benzene rings is 1. The van der Waals surface area contributed by atoms with Crippen LogP contribution in [-0.2, 0) is 14.4 Å². The summed E-state index contributed by atoms with van der Waals surface area (Å²) in [6.45, 7) is 11.8. The smallest absolute Gasteiger partial charge is 0.203 e. The third-order valence-corrected chi connectivity index (χ3v) is 9.36. The van der Waals surface area contributed by atoms with E-state index in [9.17, 15) is 34.8 Å². The summed E-state index contributed by atoms with van der Waals surface area (Å²) >= 11 is 0. The number of carbonyl (C=O) groups is 3. The fourth-order valence-electron chi connectivity index (χ4n) is 7.32. The molecule has 1 unspecified atom stereocenters. The number of hydrogen-bond acceptors (Lipinski definition) is 7. The maximum atomic E-state index is 14.2. The number of allylic oxidation sites excluding steroid dienone is 1. The molecule has 182 valence electrons. The van der Waals surface area contributed by atoms with Crippen LogP contribution in [0.3, 0.4) is 0 Å². The van der Waals surface area contributed by atoms with E-state index in [1.807, 2.05) is 20.8 Å². The first-order valence-corrected chi connectivity index (χ1v) is 11.6. The van der Waals surface area contributed by atoms with Crippen molar-refractivity contribution in [1.82, 2.24) is 0 Å². The summed E-state index contributed by atoms with van der Waals surface area (Å²) in [5.41, 5.74) is -5.09. The molecule has 0 saturated heterocycles. The van der Waals surface area contributed by atoms with Gasteiger partial charge in [0.25, 0.3) is 0 Å². The molecule has 0 aliphatic heterocycles. The summed E-state index contributed by atoms with van der Waals surface area (Å²) in [5.74, 6) is -6.21. The molecule has 1 fully saturated rings. The molecule has 0 heterocycles. The summed E-state index contributed by atoms with van der Waals surface area (Å²) in [6, 6.07) is 4.84. The van der Waals surface area contributed by atoms with Crippen LogP contribution in [0, 0.1) is 28.6 Å². The zero-order valence-corrected chi connectivity index (χ0v) is 20.6. The fraction of sp³-hybridized carbons (Fsp3) is 0.519. The minimum atomic E-state index is -2.61. The molecule has 3 aliphatic carbocycles. The second-order valence-electron chi connectivity index (χ2n) is 10.9. The van der Waals surface area contributed by atoms with E-state index in [4.69, 9.17) is 0 Å². The third-order valence-electron chi connectivity index (χ3n) is 9.36. The number of fused-ring (bicyclic) bond motifs is 3. The molecular weight excluding hydrogens is 436 g/mol. The highest BCUT2D eigenvalue weighted by Gasteiger charge is 2.75. The van der Waals surface area contributed by atoms with E-state index in [0.717, 1.165) is 6.92 Å². The molecule has 6 atom stereocenters. The zero-order valence-electron chi connectivity index (χ0n) is 20.6. The van der Waals surface area contributed by atoms with Crippen LogP contribution in [-0.4, -0.2) is 43.4 Å². The Morgan fingerprint density at radius 1 is 1.06 bits per heavy atom. The Hall–Kier alpha value is -2.93. The van der Waals surface area contributed by atoms with Gasteiger partial charge in [0, 0.05) is 22.3 Å². The molecule has 0 amide bonds. The van der Waals surface area contributed by atoms with Gasteiger partial charge in [0.05, 0.1) is 5.56 Å². The quantitative estimate of drug-likeness (QED) is 0.482. The normalized spacial score (nSPS) is 37.5. The first-order valence-electron chi connectivity index (χ1n) is 11.6. The molecule has 34 heavy (non-hydrogen) atoms. The number of Topliss-reactive ketones (excluding diaryl/α,β-unsaturated/α-hetero) is 3. The predicted molar refractivity (Wildman–Crippen MR) is 125 cm³/mol. The van der Waals surface area contributed by atoms with Crippen molar-refractivity contribution >= 4 is 23.1 Å². The van der Waals surface area contributed by atoms with Crippen molar-refractivity contribution in [3.8, 4) is 5.75 Å². The minimum Gasteiger partial charge on any atom is -0.508 e. The first-order chi connectivity index (χ1) is 15.6. The van der Waals surface area contributed by atoms with Crippen molar-refractivity contribution in [2.45, 2.75) is 60.0 Å². The van der Waals surface area contributed by atoms with Crippen LogP contribution in [0.25, 0.3) is 5.76 Å². The maximum Gasteiger partial charge on any atom is 0.203 e. The van der Waals surface area contributed by atoms with Crippen LogP contribution < -0.4 is 0 Å². The topological polar surface area (TPSA) is 132 Å². The van der Waals surface area contributed by atoms with Crippen LogP contribution >= 0.6 is 0 Å². The Morgan fingerprint density at radius 3 is 2.18 bits per heavy atom. The van der Waals surface area contributed by atoms with E-state index in [1.54, 1.807) is 32.9 Å². The summed E-state index contributed by atoms with van der Waals surface area (Å²) in [7, 11) is 0. The van der Waals surface area contributed by atoms with Crippen molar-refractivity contribution < 1.29 is 34.8 Å². The second-order valence-corrected chi connectivity index (χ2v) is 10.9. The average Bonchev–Trinajstić information content (AvgIpc) is 2.73. The molecule has 0 radical (unpaired) electrons. The average molecular weight is 469 g/mol. The Morgan fingerprint density at radius 2 is 1.65 bits per heavy atom. The van der Waals surface area contributed by atoms with Gasteiger partial charge in [0.2, 0.25) is 5.78 Å². The van der Waals surface area contributed by atoms with Crippen molar-refractivity contribution in [1.29, 1.82) is 0 Å². The van der Waals surface area contributed by atoms with Gasteiger partial charge >= 0.3 is 0 Å². The molecule has 0 bridgehead atoms. The molecule has 4 rings (SSSR count). The standard InChI is InChI=1S/C27H32O7/c1-11(2)19-21(30)17(13(4)28)23(32)27(34)24(33)20-22(31)18-15(9-8-10-16(18)29)12(3)25(20,6)14(5)26(19,27)7/h8-12,14,19,29,31-32,34H,1-7H3/t12-,14-,19?,25-,26-,27+/m1/s1. The van der Waals surface area contributed by atoms with Gasteiger partial charge in [-0.05, 0) is 36.3 Å². The van der Waals surface area contributed by atoms with Gasteiger partial charge < -0.3 is 20.4 Å². The summed E-state index contributed by atoms with van der Waals surface area (Å²) in [6.07, 6.45) is 0. The van der Waals surface area contributed by atoms with Gasteiger partial charge in [0.1, 0.15) is 22.8 Å². The number of rotatable bonds is 2. The molecule has 1 aromatic carbocycles. The van der Waals surface area contributed by atoms with Gasteiger partial charge in [-0.2, -0.15) is 0 Å². The zero-order chi connectivity index (χ0) is 25.7. The lowest BCUT2D eigenvalue weighted by Gasteiger charge is -2.64. The molecule has 0 aromatic heterocycles. The molecule has 1 aromatic rings. The molecule has 3 aliphatic rings.